The highest BCUT2D eigenvalue weighted by Crippen LogP contribution is 2.33. The second-order valence-corrected chi connectivity index (χ2v) is 7.44. The average Bonchev–Trinajstić information content (AvgIpc) is 2.67. The van der Waals surface area contributed by atoms with Gasteiger partial charge in [-0.3, -0.25) is 14.9 Å². The minimum absolute atomic E-state index is 0.0409. The number of benzene rings is 2. The Kier molecular flexibility index (Phi) is 6.93. The van der Waals surface area contributed by atoms with Crippen molar-refractivity contribution in [3.63, 3.8) is 0 Å². The van der Waals surface area contributed by atoms with E-state index in [1.165, 1.54) is 38.1 Å². The van der Waals surface area contributed by atoms with E-state index >= 15 is 0 Å². The summed E-state index contributed by atoms with van der Waals surface area (Å²) >= 11 is 0. The highest BCUT2D eigenvalue weighted by atomic mass is 16.6. The summed E-state index contributed by atoms with van der Waals surface area (Å²) in [6.45, 7) is 6.37. The van der Waals surface area contributed by atoms with E-state index in [2.05, 4.69) is 31.3 Å². The Hall–Kier alpha value is -3.42. The topological polar surface area (TPSA) is 103 Å². The van der Waals surface area contributed by atoms with Gasteiger partial charge < -0.3 is 9.47 Å². The molecule has 0 aromatic heterocycles. The maximum atomic E-state index is 12.1. The van der Waals surface area contributed by atoms with Gasteiger partial charge in [0.25, 0.3) is 5.69 Å². The fraction of sp³-hybridized carbons (Fsp3) is 0.333. The zero-order valence-corrected chi connectivity index (χ0v) is 17.2. The number of methoxy groups -OCH3 is 2. The molecule has 0 radical (unpaired) electrons. The van der Waals surface area contributed by atoms with E-state index in [9.17, 15) is 14.9 Å². The molecule has 0 atom stereocenters. The molecule has 0 bridgehead atoms. The Morgan fingerprint density at radius 3 is 2.24 bits per heavy atom. The Morgan fingerprint density at radius 1 is 1.14 bits per heavy atom. The lowest BCUT2D eigenvalue weighted by atomic mass is 9.86. The second-order valence-electron chi connectivity index (χ2n) is 7.44. The van der Waals surface area contributed by atoms with Crippen molar-refractivity contribution in [2.24, 2.45) is 5.10 Å². The van der Waals surface area contributed by atoms with E-state index in [0.717, 1.165) is 5.56 Å². The molecule has 0 fully saturated rings. The lowest BCUT2D eigenvalue weighted by molar-refractivity contribution is -0.385. The van der Waals surface area contributed by atoms with Gasteiger partial charge in [0.2, 0.25) is 5.91 Å². The largest absolute Gasteiger partial charge is 0.493 e. The van der Waals surface area contributed by atoms with Crippen LogP contribution in [0.1, 0.15) is 37.5 Å². The van der Waals surface area contributed by atoms with Crippen LogP contribution in [0.3, 0.4) is 0 Å². The van der Waals surface area contributed by atoms with E-state index in [1.54, 1.807) is 0 Å². The highest BCUT2D eigenvalue weighted by Gasteiger charge is 2.18. The molecule has 0 spiro atoms. The number of rotatable bonds is 7. The third kappa shape index (κ3) is 5.78. The molecule has 0 heterocycles. The van der Waals surface area contributed by atoms with Crippen LogP contribution in [0.2, 0.25) is 0 Å². The summed E-state index contributed by atoms with van der Waals surface area (Å²) in [5.41, 5.74) is 4.44. The first-order valence-electron chi connectivity index (χ1n) is 8.97. The summed E-state index contributed by atoms with van der Waals surface area (Å²) in [6, 6.07) is 10.5. The summed E-state index contributed by atoms with van der Waals surface area (Å²) < 4.78 is 10.2. The van der Waals surface area contributed by atoms with E-state index in [4.69, 9.17) is 9.47 Å². The minimum atomic E-state index is -0.554. The summed E-state index contributed by atoms with van der Waals surface area (Å²) in [5, 5.41) is 15.1. The lowest BCUT2D eigenvalue weighted by Crippen LogP contribution is -2.20. The van der Waals surface area contributed by atoms with Gasteiger partial charge in [-0.25, -0.2) is 5.43 Å². The van der Waals surface area contributed by atoms with Gasteiger partial charge in [-0.15, -0.1) is 0 Å². The van der Waals surface area contributed by atoms with Gasteiger partial charge in [0.1, 0.15) is 0 Å². The predicted octanol–water partition coefficient (Wildman–Crippen LogP) is 3.60. The molecule has 0 saturated heterocycles. The number of hydrogen-bond donors (Lipinski definition) is 1. The first kappa shape index (κ1) is 21.9. The molecule has 2 rings (SSSR count). The number of nitrogens with zero attached hydrogens (tertiary/aromatic N) is 2. The van der Waals surface area contributed by atoms with Crippen LogP contribution in [0.5, 0.6) is 11.5 Å². The number of carbonyl (C=O) groups excluding carboxylic acids is 1. The van der Waals surface area contributed by atoms with Gasteiger partial charge in [0.15, 0.2) is 11.5 Å². The van der Waals surface area contributed by atoms with Crippen molar-refractivity contribution in [3.8, 4) is 11.5 Å². The molecule has 0 aliphatic carbocycles. The molecule has 0 aliphatic rings. The third-order valence-electron chi connectivity index (χ3n) is 4.31. The fourth-order valence-corrected chi connectivity index (χ4v) is 2.67. The molecule has 2 aromatic rings. The van der Waals surface area contributed by atoms with Gasteiger partial charge in [-0.05, 0) is 22.6 Å². The normalized spacial score (nSPS) is 11.3. The summed E-state index contributed by atoms with van der Waals surface area (Å²) in [4.78, 5) is 22.9. The molecule has 8 nitrogen and oxygen atoms in total. The molecule has 8 heteroatoms. The van der Waals surface area contributed by atoms with Gasteiger partial charge in [0, 0.05) is 0 Å². The number of ether oxygens (including phenoxy) is 2. The number of nitrogens with one attached hydrogen (secondary N) is 1. The maximum Gasteiger partial charge on any atom is 0.282 e. The quantitative estimate of drug-likeness (QED) is 0.435. The van der Waals surface area contributed by atoms with Crippen LogP contribution >= 0.6 is 0 Å². The number of hydrogen-bond acceptors (Lipinski definition) is 6. The monoisotopic (exact) mass is 399 g/mol. The van der Waals surface area contributed by atoms with Crippen LogP contribution in [0.4, 0.5) is 5.69 Å². The van der Waals surface area contributed by atoms with Gasteiger partial charge >= 0.3 is 0 Å². The fourth-order valence-electron chi connectivity index (χ4n) is 2.67. The van der Waals surface area contributed by atoms with Gasteiger partial charge in [0.05, 0.1) is 43.4 Å². The number of amides is 1. The van der Waals surface area contributed by atoms with E-state index in [1.807, 2.05) is 24.3 Å². The Balaban J connectivity index is 2.09. The Morgan fingerprint density at radius 2 is 1.72 bits per heavy atom. The predicted molar refractivity (Wildman–Crippen MR) is 111 cm³/mol. The van der Waals surface area contributed by atoms with Crippen LogP contribution in [0.25, 0.3) is 0 Å². The minimum Gasteiger partial charge on any atom is -0.493 e. The first-order chi connectivity index (χ1) is 13.7. The van der Waals surface area contributed by atoms with E-state index in [0.29, 0.717) is 5.75 Å². The zero-order chi connectivity index (χ0) is 21.6. The third-order valence-corrected chi connectivity index (χ3v) is 4.31. The molecule has 154 valence electrons. The van der Waals surface area contributed by atoms with Crippen LogP contribution in [0.15, 0.2) is 41.5 Å². The van der Waals surface area contributed by atoms with E-state index in [-0.39, 0.29) is 34.7 Å². The molecule has 0 aliphatic heterocycles. The summed E-state index contributed by atoms with van der Waals surface area (Å²) in [7, 11) is 2.82. The molecule has 1 amide bonds. The van der Waals surface area contributed by atoms with E-state index < -0.39 is 4.92 Å². The zero-order valence-electron chi connectivity index (χ0n) is 17.2. The Bertz CT molecular complexity index is 915. The Labute approximate surface area is 169 Å². The number of carbonyl (C=O) groups is 1. The van der Waals surface area contributed by atoms with Crippen molar-refractivity contribution in [2.45, 2.75) is 32.6 Å². The van der Waals surface area contributed by atoms with Crippen molar-refractivity contribution in [2.75, 3.05) is 14.2 Å². The molecular formula is C21H25N3O5. The lowest BCUT2D eigenvalue weighted by Gasteiger charge is -2.19. The molecule has 2 aromatic carbocycles. The van der Waals surface area contributed by atoms with Crippen molar-refractivity contribution >= 4 is 17.8 Å². The smallest absolute Gasteiger partial charge is 0.282 e. The van der Waals surface area contributed by atoms with Crippen molar-refractivity contribution in [1.29, 1.82) is 0 Å². The molecular weight excluding hydrogens is 374 g/mol. The highest BCUT2D eigenvalue weighted by molar-refractivity contribution is 5.88. The van der Waals surface area contributed by atoms with Crippen molar-refractivity contribution < 1.29 is 19.2 Å². The summed E-state index contributed by atoms with van der Waals surface area (Å²) in [6.07, 6.45) is 1.36. The van der Waals surface area contributed by atoms with Crippen molar-refractivity contribution in [3.05, 3.63) is 63.2 Å². The van der Waals surface area contributed by atoms with Gasteiger partial charge in [-0.2, -0.15) is 5.10 Å². The standard InChI is InChI=1S/C21H25N3O5/c1-21(2,3)16-8-6-14(7-9-16)10-20(25)23-22-13-15-11-18(28-4)19(29-5)12-17(15)24(26)27/h6-9,11-13H,10H2,1-5H3,(H,23,25)/b22-13-. The van der Waals surface area contributed by atoms with Crippen LogP contribution in [-0.4, -0.2) is 31.3 Å². The molecule has 0 saturated carbocycles. The van der Waals surface area contributed by atoms with Crippen LogP contribution < -0.4 is 14.9 Å². The van der Waals surface area contributed by atoms with Crippen molar-refractivity contribution in [1.82, 2.24) is 5.43 Å². The number of hydrazone groups is 1. The molecule has 1 N–H and O–H groups in total. The SMILES string of the molecule is COc1cc(/C=N\NC(=O)Cc2ccc(C(C)(C)C)cc2)c([N+](=O)[O-])cc1OC. The molecule has 0 unspecified atom stereocenters. The van der Waals surface area contributed by atoms with Crippen LogP contribution in [0, 0.1) is 10.1 Å². The second kappa shape index (κ2) is 9.18. The summed E-state index contributed by atoms with van der Waals surface area (Å²) in [5.74, 6) is 0.233. The number of nitro benzene ring substituents is 1. The molecule has 29 heavy (non-hydrogen) atoms. The number of nitro groups is 1. The average molecular weight is 399 g/mol. The van der Waals surface area contributed by atoms with Gasteiger partial charge in [-0.1, -0.05) is 45.0 Å². The van der Waals surface area contributed by atoms with Crippen LogP contribution in [-0.2, 0) is 16.6 Å². The maximum absolute atomic E-state index is 12.1. The first-order valence-corrected chi connectivity index (χ1v) is 8.97.